The van der Waals surface area contributed by atoms with Crippen LogP contribution >= 0.6 is 34.8 Å². The molecule has 0 saturated carbocycles. The molecule has 29 heavy (non-hydrogen) atoms. The van der Waals surface area contributed by atoms with Gasteiger partial charge in [-0.15, -0.1) is 0 Å². The van der Waals surface area contributed by atoms with Gasteiger partial charge in [-0.1, -0.05) is 53.9 Å². The minimum Gasteiger partial charge on any atom is -0.479 e. The first kappa shape index (κ1) is 23.2. The molecule has 8 heteroatoms. The lowest BCUT2D eigenvalue weighted by Gasteiger charge is -2.15. The predicted molar refractivity (Wildman–Crippen MR) is 119 cm³/mol. The van der Waals surface area contributed by atoms with Crippen molar-refractivity contribution in [3.63, 3.8) is 0 Å². The second-order valence-electron chi connectivity index (χ2n) is 6.26. The van der Waals surface area contributed by atoms with E-state index in [9.17, 15) is 4.79 Å². The third-order valence-electron chi connectivity index (χ3n) is 4.18. The van der Waals surface area contributed by atoms with Gasteiger partial charge >= 0.3 is 5.97 Å². The molecule has 154 valence electrons. The van der Waals surface area contributed by atoms with Crippen molar-refractivity contribution in [2.75, 3.05) is 6.61 Å². The number of rotatable bonds is 8. The quantitative estimate of drug-likeness (QED) is 0.487. The van der Waals surface area contributed by atoms with E-state index in [4.69, 9.17) is 50.4 Å². The number of aliphatic imine (C=N–C) groups is 1. The summed E-state index contributed by atoms with van der Waals surface area (Å²) in [6.07, 6.45) is -0.594. The molecule has 0 bridgehead atoms. The number of benzene rings is 2. The SMILES string of the molecule is CCC(OC/C(N)=C(\C)C(=Nc1ccc(Cl)cc1Cl)c1ccc(Cl)cc1)C(=O)O. The second-order valence-corrected chi connectivity index (χ2v) is 7.54. The van der Waals surface area contributed by atoms with E-state index >= 15 is 0 Å². The van der Waals surface area contributed by atoms with E-state index in [0.717, 1.165) is 5.56 Å². The summed E-state index contributed by atoms with van der Waals surface area (Å²) in [7, 11) is 0. The van der Waals surface area contributed by atoms with Crippen LogP contribution < -0.4 is 5.73 Å². The number of allylic oxidation sites excluding steroid dienone is 1. The fourth-order valence-electron chi connectivity index (χ4n) is 2.48. The van der Waals surface area contributed by atoms with E-state index in [-0.39, 0.29) is 6.61 Å². The molecule has 5 nitrogen and oxygen atoms in total. The summed E-state index contributed by atoms with van der Waals surface area (Å²) in [6, 6.07) is 12.1. The maximum Gasteiger partial charge on any atom is 0.332 e. The number of carbonyl (C=O) groups is 1. The number of ether oxygens (including phenoxy) is 1. The molecule has 0 aliphatic carbocycles. The van der Waals surface area contributed by atoms with E-state index in [0.29, 0.717) is 44.2 Å². The van der Waals surface area contributed by atoms with Crippen LogP contribution in [-0.2, 0) is 9.53 Å². The summed E-state index contributed by atoms with van der Waals surface area (Å²) >= 11 is 18.3. The van der Waals surface area contributed by atoms with Crippen LogP contribution in [0.5, 0.6) is 0 Å². The van der Waals surface area contributed by atoms with Crippen molar-refractivity contribution >= 4 is 52.2 Å². The molecule has 0 amide bonds. The zero-order valence-corrected chi connectivity index (χ0v) is 18.2. The number of carboxylic acid groups (broad SMARTS) is 1. The lowest BCUT2D eigenvalue weighted by molar-refractivity contribution is -0.149. The number of halogens is 3. The zero-order chi connectivity index (χ0) is 21.6. The van der Waals surface area contributed by atoms with Crippen LogP contribution in [-0.4, -0.2) is 29.5 Å². The van der Waals surface area contributed by atoms with Crippen LogP contribution in [0.15, 0.2) is 58.7 Å². The number of hydrogen-bond acceptors (Lipinski definition) is 4. The van der Waals surface area contributed by atoms with Gasteiger partial charge in [-0.2, -0.15) is 0 Å². The van der Waals surface area contributed by atoms with Crippen molar-refractivity contribution in [3.8, 4) is 0 Å². The van der Waals surface area contributed by atoms with Gasteiger partial charge in [-0.05, 0) is 49.2 Å². The Morgan fingerprint density at radius 1 is 1.14 bits per heavy atom. The van der Waals surface area contributed by atoms with Gasteiger partial charge in [0.1, 0.15) is 0 Å². The van der Waals surface area contributed by atoms with E-state index in [1.165, 1.54) is 0 Å². The third-order valence-corrected chi connectivity index (χ3v) is 4.97. The van der Waals surface area contributed by atoms with Gasteiger partial charge in [0.2, 0.25) is 0 Å². The van der Waals surface area contributed by atoms with Gasteiger partial charge in [0, 0.05) is 21.3 Å². The van der Waals surface area contributed by atoms with Crippen molar-refractivity contribution in [1.82, 2.24) is 0 Å². The largest absolute Gasteiger partial charge is 0.479 e. The Labute approximate surface area is 184 Å². The molecule has 0 aliphatic rings. The van der Waals surface area contributed by atoms with Gasteiger partial charge in [0.25, 0.3) is 0 Å². The van der Waals surface area contributed by atoms with Crippen LogP contribution in [0.3, 0.4) is 0 Å². The molecule has 2 aromatic carbocycles. The first-order valence-corrected chi connectivity index (χ1v) is 9.96. The van der Waals surface area contributed by atoms with E-state index in [1.54, 1.807) is 44.2 Å². The van der Waals surface area contributed by atoms with Crippen LogP contribution in [0.2, 0.25) is 15.1 Å². The summed E-state index contributed by atoms with van der Waals surface area (Å²) in [6.45, 7) is 3.48. The summed E-state index contributed by atoms with van der Waals surface area (Å²) < 4.78 is 5.43. The van der Waals surface area contributed by atoms with Crippen LogP contribution in [0.1, 0.15) is 25.8 Å². The number of hydrogen-bond donors (Lipinski definition) is 2. The Bertz CT molecular complexity index is 941. The Balaban J connectivity index is 2.47. The second kappa shape index (κ2) is 10.6. The molecule has 2 rings (SSSR count). The fourth-order valence-corrected chi connectivity index (χ4v) is 3.06. The summed E-state index contributed by atoms with van der Waals surface area (Å²) in [4.78, 5) is 15.8. The fraction of sp³-hybridized carbons (Fsp3) is 0.238. The summed E-state index contributed by atoms with van der Waals surface area (Å²) in [5.41, 5.74) is 9.06. The molecule has 0 saturated heterocycles. The first-order chi connectivity index (χ1) is 13.7. The van der Waals surface area contributed by atoms with Gasteiger partial charge in [0.05, 0.1) is 23.0 Å². The lowest BCUT2D eigenvalue weighted by atomic mass is 10.0. The number of nitrogens with zero attached hydrogens (tertiary/aromatic N) is 1. The Hall–Kier alpha value is -2.05. The molecule has 0 heterocycles. The Morgan fingerprint density at radius 2 is 1.76 bits per heavy atom. The van der Waals surface area contributed by atoms with Crippen molar-refractivity contribution in [1.29, 1.82) is 0 Å². The standard InChI is InChI=1S/C21H21Cl3N2O3/c1-3-19(21(27)28)29-11-17(25)12(2)20(13-4-6-14(22)7-5-13)26-18-9-8-15(23)10-16(18)24/h4-10,19H,3,11,25H2,1-2H3,(H,27,28)/b17-12-,26-20?. The van der Waals surface area contributed by atoms with E-state index < -0.39 is 12.1 Å². The highest BCUT2D eigenvalue weighted by Gasteiger charge is 2.17. The van der Waals surface area contributed by atoms with Gasteiger partial charge in [-0.25, -0.2) is 9.79 Å². The maximum atomic E-state index is 11.2. The van der Waals surface area contributed by atoms with E-state index in [1.807, 2.05) is 12.1 Å². The molecule has 0 aliphatic heterocycles. The summed E-state index contributed by atoms with van der Waals surface area (Å²) in [5.74, 6) is -1.03. The minimum absolute atomic E-state index is 0.0440. The zero-order valence-electron chi connectivity index (χ0n) is 16.0. The molecule has 1 unspecified atom stereocenters. The lowest BCUT2D eigenvalue weighted by Crippen LogP contribution is -2.26. The van der Waals surface area contributed by atoms with Gasteiger partial charge in [-0.3, -0.25) is 0 Å². The van der Waals surface area contributed by atoms with Crippen molar-refractivity contribution in [2.24, 2.45) is 10.7 Å². The average molecular weight is 456 g/mol. The number of aliphatic carboxylic acids is 1. The monoisotopic (exact) mass is 454 g/mol. The molecular weight excluding hydrogens is 435 g/mol. The molecule has 3 N–H and O–H groups in total. The highest BCUT2D eigenvalue weighted by atomic mass is 35.5. The van der Waals surface area contributed by atoms with Crippen molar-refractivity contribution in [2.45, 2.75) is 26.4 Å². The summed E-state index contributed by atoms with van der Waals surface area (Å²) in [5, 5.41) is 10.6. The van der Waals surface area contributed by atoms with Crippen LogP contribution in [0.25, 0.3) is 0 Å². The van der Waals surface area contributed by atoms with Crippen molar-refractivity contribution < 1.29 is 14.6 Å². The van der Waals surface area contributed by atoms with Gasteiger partial charge in [0.15, 0.2) is 6.10 Å². The van der Waals surface area contributed by atoms with Crippen molar-refractivity contribution in [3.05, 3.63) is 74.4 Å². The van der Waals surface area contributed by atoms with Gasteiger partial charge < -0.3 is 15.6 Å². The topological polar surface area (TPSA) is 84.9 Å². The molecule has 2 aromatic rings. The Morgan fingerprint density at radius 3 is 2.31 bits per heavy atom. The highest BCUT2D eigenvalue weighted by molar-refractivity contribution is 6.36. The minimum atomic E-state index is -1.03. The van der Waals surface area contributed by atoms with Crippen LogP contribution in [0.4, 0.5) is 5.69 Å². The first-order valence-electron chi connectivity index (χ1n) is 8.82. The molecule has 0 fully saturated rings. The Kier molecular flexibility index (Phi) is 8.53. The molecule has 0 aromatic heterocycles. The number of nitrogens with two attached hydrogens (primary N) is 1. The third kappa shape index (κ3) is 6.47. The molecule has 0 radical (unpaired) electrons. The smallest absolute Gasteiger partial charge is 0.332 e. The van der Waals surface area contributed by atoms with Crippen LogP contribution in [0, 0.1) is 0 Å². The van der Waals surface area contributed by atoms with E-state index in [2.05, 4.69) is 4.99 Å². The highest BCUT2D eigenvalue weighted by Crippen LogP contribution is 2.30. The average Bonchev–Trinajstić information content (AvgIpc) is 2.68. The normalized spacial score (nSPS) is 13.8. The molecule has 0 spiro atoms. The molecular formula is C21H21Cl3N2O3. The number of carboxylic acids is 1. The maximum absolute atomic E-state index is 11.2. The molecule has 1 atom stereocenters. The predicted octanol–water partition coefficient (Wildman–Crippen LogP) is 5.88.